The van der Waals surface area contributed by atoms with Crippen molar-refractivity contribution in [2.24, 2.45) is 0 Å². The minimum Gasteiger partial charge on any atom is -0.473 e. The summed E-state index contributed by atoms with van der Waals surface area (Å²) in [6.07, 6.45) is 1.13. The molecule has 0 spiro atoms. The summed E-state index contributed by atoms with van der Waals surface area (Å²) in [4.78, 5) is 33.7. The highest BCUT2D eigenvalue weighted by atomic mass is 35.5. The zero-order valence-corrected chi connectivity index (χ0v) is 20.1. The Bertz CT molecular complexity index is 984. The summed E-state index contributed by atoms with van der Waals surface area (Å²) >= 11 is 5.83. The Balaban J connectivity index is 0.000000641. The van der Waals surface area contributed by atoms with Crippen LogP contribution in [0.2, 0.25) is 5.02 Å². The molecule has 0 saturated carbocycles. The Labute approximate surface area is 208 Å². The van der Waals surface area contributed by atoms with Crippen LogP contribution in [0.5, 0.6) is 11.5 Å². The number of nitrogens with zero attached hydrogens (tertiary/aromatic N) is 3. The van der Waals surface area contributed by atoms with Crippen LogP contribution in [-0.4, -0.2) is 83.2 Å². The summed E-state index contributed by atoms with van der Waals surface area (Å²) in [7, 11) is 2.17. The predicted molar refractivity (Wildman–Crippen MR) is 130 cm³/mol. The third-order valence-electron chi connectivity index (χ3n) is 5.20. The highest BCUT2D eigenvalue weighted by Gasteiger charge is 2.16. The monoisotopic (exact) mass is 508 g/mol. The molecule has 1 saturated heterocycles. The number of aliphatic carboxylic acids is 2. The fourth-order valence-electron chi connectivity index (χ4n) is 3.25. The van der Waals surface area contributed by atoms with Gasteiger partial charge in [0.25, 0.3) is 0 Å². The molecule has 1 heterocycles. The van der Waals surface area contributed by atoms with Gasteiger partial charge < -0.3 is 30.1 Å². The number of carboxylic acids is 2. The van der Waals surface area contributed by atoms with Gasteiger partial charge in [0.15, 0.2) is 0 Å². The average Bonchev–Trinajstić information content (AvgIpc) is 2.82. The number of carbonyl (C=O) groups is 2. The van der Waals surface area contributed by atoms with E-state index in [4.69, 9.17) is 36.1 Å². The number of halogens is 1. The van der Waals surface area contributed by atoms with Crippen molar-refractivity contribution in [2.75, 3.05) is 46.3 Å². The van der Waals surface area contributed by atoms with E-state index in [-0.39, 0.29) is 11.4 Å². The van der Waals surface area contributed by atoms with Crippen LogP contribution in [0.25, 0.3) is 0 Å². The first-order valence-electron chi connectivity index (χ1n) is 10.9. The number of hydrogen-bond donors (Lipinski definition) is 3. The quantitative estimate of drug-likeness (QED) is 0.200. The topological polar surface area (TPSA) is 145 Å². The lowest BCUT2D eigenvalue weighted by Gasteiger charge is -2.32. The number of likely N-dealkylation sites (N-methyl/N-ethyl adjacent to an activating group) is 1. The number of ether oxygens (including phenoxy) is 1. The normalized spacial score (nSPS) is 14.0. The van der Waals surface area contributed by atoms with E-state index in [2.05, 4.69) is 22.2 Å². The van der Waals surface area contributed by atoms with Gasteiger partial charge in [0.05, 0.1) is 4.92 Å². The molecule has 0 aromatic heterocycles. The third-order valence-corrected chi connectivity index (χ3v) is 5.44. The summed E-state index contributed by atoms with van der Waals surface area (Å²) in [5.41, 5.74) is 0.992. The van der Waals surface area contributed by atoms with Crippen molar-refractivity contribution in [3.8, 4) is 11.5 Å². The van der Waals surface area contributed by atoms with E-state index < -0.39 is 16.9 Å². The molecule has 0 unspecified atom stereocenters. The van der Waals surface area contributed by atoms with Gasteiger partial charge in [0.2, 0.25) is 5.75 Å². The first-order valence-corrected chi connectivity index (χ1v) is 11.3. The maximum Gasteiger partial charge on any atom is 0.414 e. The van der Waals surface area contributed by atoms with Crippen LogP contribution >= 0.6 is 11.6 Å². The second kappa shape index (κ2) is 14.2. The van der Waals surface area contributed by atoms with E-state index >= 15 is 0 Å². The SMILES string of the molecule is CN1CCN(CCCNCc2ccc(Oc3ccc(Cl)cc3[N+](=O)[O-])cc2)CC1.O=C(O)C(=O)O. The number of nitrogens with one attached hydrogen (secondary N) is 1. The van der Waals surface area contributed by atoms with Gasteiger partial charge in [-0.3, -0.25) is 10.1 Å². The Morgan fingerprint density at radius 3 is 2.29 bits per heavy atom. The van der Waals surface area contributed by atoms with Crippen LogP contribution in [0.1, 0.15) is 12.0 Å². The zero-order chi connectivity index (χ0) is 25.8. The van der Waals surface area contributed by atoms with Gasteiger partial charge in [-0.15, -0.1) is 0 Å². The fraction of sp³-hybridized carbons (Fsp3) is 0.391. The maximum atomic E-state index is 11.2. The van der Waals surface area contributed by atoms with Gasteiger partial charge >= 0.3 is 17.6 Å². The Morgan fingerprint density at radius 2 is 1.71 bits per heavy atom. The van der Waals surface area contributed by atoms with Crippen LogP contribution in [0.4, 0.5) is 5.69 Å². The molecule has 2 aromatic rings. The summed E-state index contributed by atoms with van der Waals surface area (Å²) in [6.45, 7) is 7.51. The van der Waals surface area contributed by atoms with Gasteiger partial charge in [-0.1, -0.05) is 23.7 Å². The summed E-state index contributed by atoms with van der Waals surface area (Å²) < 4.78 is 5.67. The number of nitro groups is 1. The minimum absolute atomic E-state index is 0.149. The van der Waals surface area contributed by atoms with E-state index in [0.29, 0.717) is 10.8 Å². The van der Waals surface area contributed by atoms with Crippen molar-refractivity contribution in [3.63, 3.8) is 0 Å². The lowest BCUT2D eigenvalue weighted by molar-refractivity contribution is -0.385. The van der Waals surface area contributed by atoms with Crippen LogP contribution in [0, 0.1) is 10.1 Å². The second-order valence-electron chi connectivity index (χ2n) is 7.90. The largest absolute Gasteiger partial charge is 0.473 e. The number of piperazine rings is 1. The molecule has 0 aliphatic carbocycles. The van der Waals surface area contributed by atoms with Crippen molar-refractivity contribution in [1.82, 2.24) is 15.1 Å². The maximum absolute atomic E-state index is 11.2. The summed E-state index contributed by atoms with van der Waals surface area (Å²) in [5, 5.41) is 29.7. The standard InChI is InChI=1S/C21H27ClN4O3.C2H2O4/c1-24-11-13-25(14-12-24)10-2-9-23-16-17-3-6-19(7-4-17)29-21-8-5-18(22)15-20(21)26(27)28;3-1(4)2(5)6/h3-8,15,23H,2,9-14,16H2,1H3;(H,3,4)(H,5,6). The molecule has 0 bridgehead atoms. The van der Waals surface area contributed by atoms with E-state index in [9.17, 15) is 10.1 Å². The second-order valence-corrected chi connectivity index (χ2v) is 8.34. The molecular formula is C23H29ClN4O7. The number of carboxylic acid groups (broad SMARTS) is 2. The number of benzene rings is 2. The first kappa shape index (κ1) is 28.0. The molecule has 11 nitrogen and oxygen atoms in total. The molecule has 0 amide bonds. The Hall–Kier alpha value is -3.25. The molecule has 2 aromatic carbocycles. The zero-order valence-electron chi connectivity index (χ0n) is 19.4. The smallest absolute Gasteiger partial charge is 0.414 e. The average molecular weight is 509 g/mol. The number of rotatable bonds is 9. The predicted octanol–water partition coefficient (Wildman–Crippen LogP) is 2.92. The molecular weight excluding hydrogens is 480 g/mol. The van der Waals surface area contributed by atoms with Crippen molar-refractivity contribution in [1.29, 1.82) is 0 Å². The van der Waals surface area contributed by atoms with Crippen molar-refractivity contribution in [2.45, 2.75) is 13.0 Å². The van der Waals surface area contributed by atoms with E-state index in [1.807, 2.05) is 24.3 Å². The highest BCUT2D eigenvalue weighted by Crippen LogP contribution is 2.33. The van der Waals surface area contributed by atoms with Gasteiger partial charge in [0, 0.05) is 43.8 Å². The van der Waals surface area contributed by atoms with Gasteiger partial charge in [0.1, 0.15) is 5.75 Å². The minimum atomic E-state index is -1.82. The molecule has 3 rings (SSSR count). The molecule has 1 fully saturated rings. The van der Waals surface area contributed by atoms with Crippen molar-refractivity contribution < 1.29 is 29.5 Å². The third kappa shape index (κ3) is 10.3. The number of nitro benzene ring substituents is 1. The Morgan fingerprint density at radius 1 is 1.09 bits per heavy atom. The van der Waals surface area contributed by atoms with Crippen LogP contribution in [0.3, 0.4) is 0 Å². The van der Waals surface area contributed by atoms with Gasteiger partial charge in [-0.05, 0) is 56.4 Å². The Kier molecular flexibility index (Phi) is 11.4. The number of hydrogen-bond acceptors (Lipinski definition) is 8. The molecule has 1 aliphatic heterocycles. The van der Waals surface area contributed by atoms with E-state index in [1.165, 1.54) is 12.1 Å². The molecule has 0 radical (unpaired) electrons. The molecule has 3 N–H and O–H groups in total. The molecule has 1 aliphatic rings. The van der Waals surface area contributed by atoms with Crippen LogP contribution in [-0.2, 0) is 16.1 Å². The lowest BCUT2D eigenvalue weighted by Crippen LogP contribution is -2.45. The van der Waals surface area contributed by atoms with Crippen LogP contribution in [0.15, 0.2) is 42.5 Å². The van der Waals surface area contributed by atoms with Gasteiger partial charge in [-0.2, -0.15) is 0 Å². The molecule has 12 heteroatoms. The lowest BCUT2D eigenvalue weighted by atomic mass is 10.2. The first-order chi connectivity index (χ1) is 16.7. The molecule has 0 atom stereocenters. The van der Waals surface area contributed by atoms with Crippen LogP contribution < -0.4 is 10.1 Å². The summed E-state index contributed by atoms with van der Waals surface area (Å²) in [5.74, 6) is -2.92. The van der Waals surface area contributed by atoms with Gasteiger partial charge in [-0.25, -0.2) is 9.59 Å². The molecule has 35 heavy (non-hydrogen) atoms. The molecule has 190 valence electrons. The van der Waals surface area contributed by atoms with E-state index in [0.717, 1.165) is 57.8 Å². The summed E-state index contributed by atoms with van der Waals surface area (Å²) in [6, 6.07) is 11.9. The fourth-order valence-corrected chi connectivity index (χ4v) is 3.42. The van der Waals surface area contributed by atoms with Crippen molar-refractivity contribution >= 4 is 29.2 Å². The highest BCUT2D eigenvalue weighted by molar-refractivity contribution is 6.30. The van der Waals surface area contributed by atoms with E-state index in [1.54, 1.807) is 6.07 Å². The van der Waals surface area contributed by atoms with Crippen molar-refractivity contribution in [3.05, 3.63) is 63.2 Å².